The highest BCUT2D eigenvalue weighted by Gasteiger charge is 2.33. The van der Waals surface area contributed by atoms with Crippen LogP contribution in [0.5, 0.6) is 0 Å². The minimum absolute atomic E-state index is 0.128. The van der Waals surface area contributed by atoms with Gasteiger partial charge in [0.25, 0.3) is 0 Å². The van der Waals surface area contributed by atoms with Crippen LogP contribution in [-0.4, -0.2) is 17.4 Å². The van der Waals surface area contributed by atoms with Gasteiger partial charge in [0.05, 0.1) is 6.10 Å². The van der Waals surface area contributed by atoms with E-state index in [1.54, 1.807) is 0 Å². The molecule has 0 saturated heterocycles. The monoisotopic (exact) mass is 146 g/mol. The second-order valence-corrected chi connectivity index (χ2v) is 3.42. The van der Waals surface area contributed by atoms with Gasteiger partial charge >= 0.3 is 0 Å². The van der Waals surface area contributed by atoms with Gasteiger partial charge in [0.15, 0.2) is 0 Å². The summed E-state index contributed by atoms with van der Waals surface area (Å²) in [5.41, 5.74) is 0. The molecule has 0 bridgehead atoms. The number of hydrogen-bond acceptors (Lipinski definition) is 1. The summed E-state index contributed by atoms with van der Waals surface area (Å²) in [5.74, 6) is 0.603. The molecular weight excluding hydrogens is 131 g/mol. The standard InChI is InChI=1S/C8H15FO/c1-5-3-4-7(9)8(10)6(5)2/h5-8,10H,3-4H2,1-2H3/t5-,6-,7-,8-/m1/s1. The van der Waals surface area contributed by atoms with Crippen LogP contribution in [0.2, 0.25) is 0 Å². The van der Waals surface area contributed by atoms with E-state index in [2.05, 4.69) is 6.92 Å². The van der Waals surface area contributed by atoms with Gasteiger partial charge in [0.2, 0.25) is 0 Å². The number of aliphatic hydroxyl groups excluding tert-OH is 1. The largest absolute Gasteiger partial charge is 0.390 e. The Morgan fingerprint density at radius 3 is 2.40 bits per heavy atom. The first kappa shape index (κ1) is 7.99. The van der Waals surface area contributed by atoms with E-state index < -0.39 is 12.3 Å². The first-order chi connectivity index (χ1) is 4.63. The molecule has 0 aromatic heterocycles. The molecule has 10 heavy (non-hydrogen) atoms. The Balaban J connectivity index is 2.52. The molecule has 1 rings (SSSR count). The van der Waals surface area contributed by atoms with Crippen molar-refractivity contribution in [2.75, 3.05) is 0 Å². The van der Waals surface area contributed by atoms with Crippen molar-refractivity contribution in [1.82, 2.24) is 0 Å². The fraction of sp³-hybridized carbons (Fsp3) is 1.00. The third-order valence-electron chi connectivity index (χ3n) is 2.70. The molecule has 0 aliphatic heterocycles. The number of aliphatic hydroxyl groups is 1. The molecule has 2 heteroatoms. The van der Waals surface area contributed by atoms with Crippen molar-refractivity contribution in [1.29, 1.82) is 0 Å². The summed E-state index contributed by atoms with van der Waals surface area (Å²) in [6.07, 6.45) is -0.249. The highest BCUT2D eigenvalue weighted by Crippen LogP contribution is 2.31. The summed E-state index contributed by atoms with van der Waals surface area (Å²) < 4.78 is 12.8. The van der Waals surface area contributed by atoms with E-state index in [0.29, 0.717) is 12.3 Å². The normalized spacial score (nSPS) is 49.2. The van der Waals surface area contributed by atoms with Crippen LogP contribution < -0.4 is 0 Å². The second-order valence-electron chi connectivity index (χ2n) is 3.42. The van der Waals surface area contributed by atoms with Crippen LogP contribution in [-0.2, 0) is 0 Å². The van der Waals surface area contributed by atoms with E-state index in [9.17, 15) is 9.50 Å². The summed E-state index contributed by atoms with van der Waals surface area (Å²) in [5, 5.41) is 9.24. The lowest BCUT2D eigenvalue weighted by Gasteiger charge is -2.32. The first-order valence-electron chi connectivity index (χ1n) is 3.95. The summed E-state index contributed by atoms with van der Waals surface area (Å²) in [6.45, 7) is 3.99. The Morgan fingerprint density at radius 2 is 1.90 bits per heavy atom. The average molecular weight is 146 g/mol. The van der Waals surface area contributed by atoms with E-state index >= 15 is 0 Å². The second kappa shape index (κ2) is 2.87. The summed E-state index contributed by atoms with van der Waals surface area (Å²) in [6, 6.07) is 0. The molecule has 0 amide bonds. The van der Waals surface area contributed by atoms with Gasteiger partial charge in [-0.2, -0.15) is 0 Å². The van der Waals surface area contributed by atoms with Gasteiger partial charge in [-0.15, -0.1) is 0 Å². The van der Waals surface area contributed by atoms with Crippen LogP contribution in [0.25, 0.3) is 0 Å². The third-order valence-corrected chi connectivity index (χ3v) is 2.70. The number of halogens is 1. The Bertz CT molecular complexity index is 102. The maximum absolute atomic E-state index is 12.8. The van der Waals surface area contributed by atoms with Crippen molar-refractivity contribution in [3.05, 3.63) is 0 Å². The maximum Gasteiger partial charge on any atom is 0.126 e. The van der Waals surface area contributed by atoms with Crippen molar-refractivity contribution in [2.45, 2.75) is 39.0 Å². The lowest BCUT2D eigenvalue weighted by Crippen LogP contribution is -2.37. The average Bonchev–Trinajstić information content (AvgIpc) is 1.93. The van der Waals surface area contributed by atoms with Gasteiger partial charge in [0.1, 0.15) is 6.17 Å². The molecule has 1 aliphatic carbocycles. The molecule has 0 aromatic carbocycles. The fourth-order valence-electron chi connectivity index (χ4n) is 1.52. The van der Waals surface area contributed by atoms with E-state index in [1.807, 2.05) is 6.92 Å². The van der Waals surface area contributed by atoms with Crippen molar-refractivity contribution >= 4 is 0 Å². The molecule has 0 spiro atoms. The van der Waals surface area contributed by atoms with Crippen LogP contribution in [0, 0.1) is 11.8 Å². The van der Waals surface area contributed by atoms with Crippen LogP contribution in [0.3, 0.4) is 0 Å². The van der Waals surface area contributed by atoms with Gasteiger partial charge in [-0.25, -0.2) is 4.39 Å². The molecule has 1 nitrogen and oxygen atoms in total. The molecule has 0 aromatic rings. The first-order valence-corrected chi connectivity index (χ1v) is 3.95. The Morgan fingerprint density at radius 1 is 1.30 bits per heavy atom. The molecule has 60 valence electrons. The van der Waals surface area contributed by atoms with Crippen molar-refractivity contribution in [3.8, 4) is 0 Å². The predicted molar refractivity (Wildman–Crippen MR) is 38.5 cm³/mol. The molecule has 0 unspecified atom stereocenters. The van der Waals surface area contributed by atoms with Gasteiger partial charge in [-0.05, 0) is 24.7 Å². The summed E-state index contributed by atoms with van der Waals surface area (Å²) >= 11 is 0. The Kier molecular flexibility index (Phi) is 2.29. The van der Waals surface area contributed by atoms with Gasteiger partial charge in [0, 0.05) is 0 Å². The lowest BCUT2D eigenvalue weighted by molar-refractivity contribution is -0.0180. The van der Waals surface area contributed by atoms with Crippen molar-refractivity contribution in [2.24, 2.45) is 11.8 Å². The minimum Gasteiger partial charge on any atom is -0.390 e. The molecular formula is C8H15FO. The third kappa shape index (κ3) is 1.31. The van der Waals surface area contributed by atoms with E-state index in [-0.39, 0.29) is 5.92 Å². The zero-order valence-electron chi connectivity index (χ0n) is 6.55. The molecule has 1 fully saturated rings. The highest BCUT2D eigenvalue weighted by molar-refractivity contribution is 4.82. The molecule has 1 saturated carbocycles. The van der Waals surface area contributed by atoms with Gasteiger partial charge < -0.3 is 5.11 Å². The summed E-state index contributed by atoms with van der Waals surface area (Å²) in [4.78, 5) is 0. The SMILES string of the molecule is C[C@H]1[C@@H](O)[C@H](F)CC[C@H]1C. The van der Waals surface area contributed by atoms with E-state index in [0.717, 1.165) is 6.42 Å². The molecule has 1 N–H and O–H groups in total. The molecule has 0 heterocycles. The van der Waals surface area contributed by atoms with Crippen LogP contribution >= 0.6 is 0 Å². The zero-order chi connectivity index (χ0) is 7.72. The zero-order valence-corrected chi connectivity index (χ0v) is 6.55. The Labute approximate surface area is 61.2 Å². The van der Waals surface area contributed by atoms with Crippen molar-refractivity contribution < 1.29 is 9.50 Å². The highest BCUT2D eigenvalue weighted by atomic mass is 19.1. The number of rotatable bonds is 0. The molecule has 1 aliphatic rings. The van der Waals surface area contributed by atoms with E-state index in [4.69, 9.17) is 0 Å². The van der Waals surface area contributed by atoms with Crippen LogP contribution in [0.1, 0.15) is 26.7 Å². The van der Waals surface area contributed by atoms with Crippen molar-refractivity contribution in [3.63, 3.8) is 0 Å². The fourth-order valence-corrected chi connectivity index (χ4v) is 1.52. The van der Waals surface area contributed by atoms with Gasteiger partial charge in [-0.1, -0.05) is 13.8 Å². The Hall–Kier alpha value is -0.110. The minimum atomic E-state index is -0.980. The quantitative estimate of drug-likeness (QED) is 0.552. The molecule has 4 atom stereocenters. The van der Waals surface area contributed by atoms with Crippen LogP contribution in [0.4, 0.5) is 4.39 Å². The smallest absolute Gasteiger partial charge is 0.126 e. The summed E-state index contributed by atoms with van der Waals surface area (Å²) in [7, 11) is 0. The topological polar surface area (TPSA) is 20.2 Å². The van der Waals surface area contributed by atoms with Gasteiger partial charge in [-0.3, -0.25) is 0 Å². The number of alkyl halides is 1. The predicted octanol–water partition coefficient (Wildman–Crippen LogP) is 1.75. The van der Waals surface area contributed by atoms with Crippen LogP contribution in [0.15, 0.2) is 0 Å². The van der Waals surface area contributed by atoms with E-state index in [1.165, 1.54) is 0 Å². The lowest BCUT2D eigenvalue weighted by atomic mass is 9.79. The number of hydrogen-bond donors (Lipinski definition) is 1. The molecule has 0 radical (unpaired) electrons. The maximum atomic E-state index is 12.8.